The molecule has 43 heavy (non-hydrogen) atoms. The first-order valence-electron chi connectivity index (χ1n) is 14.3. The lowest BCUT2D eigenvalue weighted by Gasteiger charge is -2.37. The van der Waals surface area contributed by atoms with E-state index in [1.807, 2.05) is 75.4 Å². The van der Waals surface area contributed by atoms with Crippen LogP contribution in [0, 0.1) is 12.3 Å². The quantitative estimate of drug-likeness (QED) is 0.262. The van der Waals surface area contributed by atoms with Crippen LogP contribution >= 0.6 is 11.6 Å². The van der Waals surface area contributed by atoms with E-state index in [1.165, 1.54) is 6.92 Å². The number of amides is 1. The van der Waals surface area contributed by atoms with Crippen molar-refractivity contribution in [3.8, 4) is 0 Å². The van der Waals surface area contributed by atoms with Crippen LogP contribution in [-0.2, 0) is 30.8 Å². The second-order valence-electron chi connectivity index (χ2n) is 12.0. The van der Waals surface area contributed by atoms with Crippen molar-refractivity contribution in [2.45, 2.75) is 64.1 Å². The van der Waals surface area contributed by atoms with Crippen LogP contribution in [-0.4, -0.2) is 49.7 Å². The van der Waals surface area contributed by atoms with E-state index >= 15 is 0 Å². The van der Waals surface area contributed by atoms with Crippen LogP contribution in [0.4, 0.5) is 0 Å². The number of hydrogen-bond donors (Lipinski definition) is 1. The SMILES string of the molecule is CC(=O)[C@@H](Cc1ccccc1)NC(=O)COCC1=C[C@@H](C(C)(C)C)N(S(=O)(=O)c2ccccc2C)[C@H]1c1ccc(Cl)cc1. The fourth-order valence-corrected chi connectivity index (χ4v) is 7.64. The molecule has 4 rings (SSSR count). The molecule has 3 aromatic carbocycles. The van der Waals surface area contributed by atoms with Crippen molar-refractivity contribution in [3.05, 3.63) is 112 Å². The van der Waals surface area contributed by atoms with E-state index in [4.69, 9.17) is 16.3 Å². The number of carbonyl (C=O) groups is 2. The van der Waals surface area contributed by atoms with E-state index in [-0.39, 0.29) is 23.9 Å². The second kappa shape index (κ2) is 13.6. The van der Waals surface area contributed by atoms with Gasteiger partial charge in [0.2, 0.25) is 15.9 Å². The predicted octanol–water partition coefficient (Wildman–Crippen LogP) is 6.07. The summed E-state index contributed by atoms with van der Waals surface area (Å²) < 4.78 is 36.2. The van der Waals surface area contributed by atoms with Crippen LogP contribution in [0.2, 0.25) is 5.02 Å². The zero-order valence-corrected chi connectivity index (χ0v) is 26.8. The van der Waals surface area contributed by atoms with Crippen LogP contribution in [0.1, 0.15) is 50.4 Å². The molecule has 0 fully saturated rings. The molecule has 1 heterocycles. The van der Waals surface area contributed by atoms with Crippen LogP contribution in [0.3, 0.4) is 0 Å². The van der Waals surface area contributed by atoms with Gasteiger partial charge in [0.25, 0.3) is 0 Å². The number of rotatable bonds is 11. The van der Waals surface area contributed by atoms with Gasteiger partial charge in [-0.1, -0.05) is 99.1 Å². The predicted molar refractivity (Wildman–Crippen MR) is 169 cm³/mol. The molecule has 0 spiro atoms. The summed E-state index contributed by atoms with van der Waals surface area (Å²) in [5, 5.41) is 3.32. The lowest BCUT2D eigenvalue weighted by atomic mass is 9.87. The van der Waals surface area contributed by atoms with E-state index in [1.54, 1.807) is 41.6 Å². The molecule has 1 N–H and O–H groups in total. The maximum absolute atomic E-state index is 14.4. The number of hydrogen-bond acceptors (Lipinski definition) is 5. The number of carbonyl (C=O) groups excluding carboxylic acids is 2. The molecule has 3 atom stereocenters. The third kappa shape index (κ3) is 7.81. The van der Waals surface area contributed by atoms with E-state index in [2.05, 4.69) is 5.32 Å². The Balaban J connectivity index is 1.59. The molecule has 3 aromatic rings. The van der Waals surface area contributed by atoms with E-state index < -0.39 is 39.5 Å². The van der Waals surface area contributed by atoms with Crippen LogP contribution in [0.5, 0.6) is 0 Å². The Morgan fingerprint density at radius 2 is 1.60 bits per heavy atom. The average molecular weight is 623 g/mol. The van der Waals surface area contributed by atoms with Crippen LogP contribution < -0.4 is 5.32 Å². The zero-order valence-electron chi connectivity index (χ0n) is 25.2. The van der Waals surface area contributed by atoms with Crippen molar-refractivity contribution in [3.63, 3.8) is 0 Å². The van der Waals surface area contributed by atoms with Crippen LogP contribution in [0.25, 0.3) is 0 Å². The highest BCUT2D eigenvalue weighted by atomic mass is 35.5. The highest BCUT2D eigenvalue weighted by Crippen LogP contribution is 2.46. The monoisotopic (exact) mass is 622 g/mol. The summed E-state index contributed by atoms with van der Waals surface area (Å²) in [6.07, 6.45) is 2.32. The molecular formula is C34H39ClN2O5S. The van der Waals surface area contributed by atoms with Gasteiger partial charge in [-0.05, 0) is 66.1 Å². The van der Waals surface area contributed by atoms with Gasteiger partial charge in [0.1, 0.15) is 6.61 Å². The van der Waals surface area contributed by atoms with Crippen molar-refractivity contribution < 1.29 is 22.7 Å². The molecule has 0 radical (unpaired) electrons. The van der Waals surface area contributed by atoms with E-state index in [0.29, 0.717) is 17.0 Å². The lowest BCUT2D eigenvalue weighted by Crippen LogP contribution is -2.45. The average Bonchev–Trinajstić information content (AvgIpc) is 3.35. The topological polar surface area (TPSA) is 92.8 Å². The Morgan fingerprint density at radius 1 is 0.977 bits per heavy atom. The van der Waals surface area contributed by atoms with Gasteiger partial charge in [0.05, 0.1) is 23.6 Å². The van der Waals surface area contributed by atoms with Gasteiger partial charge < -0.3 is 10.1 Å². The standard InChI is InChI=1S/C34H39ClN2O5S/c1-23-11-9-10-14-30(23)43(40,41)37-31(34(3,4)5)20-27(33(37)26-15-17-28(35)18-16-26)21-42-22-32(39)36-29(24(2)38)19-25-12-7-6-8-13-25/h6-18,20,29,31,33H,19,21-22H2,1-5H3,(H,36,39)/t29-,31+,33+/m1/s1. The summed E-state index contributed by atoms with van der Waals surface area (Å²) in [7, 11) is -3.96. The Morgan fingerprint density at radius 3 is 2.21 bits per heavy atom. The number of nitrogens with one attached hydrogen (secondary N) is 1. The molecule has 1 amide bonds. The largest absolute Gasteiger partial charge is 0.367 e. The molecule has 0 aliphatic carbocycles. The van der Waals surface area contributed by atoms with Crippen LogP contribution in [0.15, 0.2) is 95.4 Å². The van der Waals surface area contributed by atoms with Gasteiger partial charge in [-0.2, -0.15) is 4.31 Å². The summed E-state index contributed by atoms with van der Waals surface area (Å²) in [6.45, 7) is 8.97. The highest BCUT2D eigenvalue weighted by molar-refractivity contribution is 7.89. The normalized spacial score (nSPS) is 18.2. The first-order valence-corrected chi connectivity index (χ1v) is 16.1. The number of ketones is 1. The molecule has 1 aliphatic heterocycles. The van der Waals surface area contributed by atoms with Gasteiger partial charge in [-0.25, -0.2) is 8.42 Å². The smallest absolute Gasteiger partial charge is 0.246 e. The van der Waals surface area contributed by atoms with Crippen molar-refractivity contribution in [1.29, 1.82) is 0 Å². The molecular weight excluding hydrogens is 584 g/mol. The number of aryl methyl sites for hydroxylation is 1. The number of ether oxygens (including phenoxy) is 1. The number of halogens is 1. The molecule has 9 heteroatoms. The molecule has 228 valence electrons. The fraction of sp³-hybridized carbons (Fsp3) is 0.353. The second-order valence-corrected chi connectivity index (χ2v) is 14.3. The molecule has 0 saturated carbocycles. The number of sulfonamides is 1. The maximum atomic E-state index is 14.4. The minimum absolute atomic E-state index is 0.0243. The van der Waals surface area contributed by atoms with Gasteiger partial charge in [-0.3, -0.25) is 9.59 Å². The van der Waals surface area contributed by atoms with Crippen molar-refractivity contribution in [2.75, 3.05) is 13.2 Å². The van der Waals surface area contributed by atoms with Gasteiger partial charge in [-0.15, -0.1) is 0 Å². The third-order valence-electron chi connectivity index (χ3n) is 7.58. The molecule has 0 saturated heterocycles. The van der Waals surface area contributed by atoms with E-state index in [0.717, 1.165) is 16.7 Å². The minimum Gasteiger partial charge on any atom is -0.367 e. The molecule has 0 bridgehead atoms. The first-order chi connectivity index (χ1) is 20.3. The van der Waals surface area contributed by atoms with E-state index in [9.17, 15) is 18.0 Å². The van der Waals surface area contributed by atoms with Gasteiger partial charge >= 0.3 is 0 Å². The molecule has 1 aliphatic rings. The summed E-state index contributed by atoms with van der Waals surface area (Å²) in [6, 6.07) is 21.7. The number of benzene rings is 3. The first kappa shape index (κ1) is 32.6. The van der Waals surface area contributed by atoms with Crippen molar-refractivity contribution >= 4 is 33.3 Å². The summed E-state index contributed by atoms with van der Waals surface area (Å²) >= 11 is 6.19. The zero-order chi connectivity index (χ0) is 31.4. The fourth-order valence-electron chi connectivity index (χ4n) is 5.35. The van der Waals surface area contributed by atoms with Crippen molar-refractivity contribution in [2.24, 2.45) is 5.41 Å². The molecule has 0 unspecified atom stereocenters. The summed E-state index contributed by atoms with van der Waals surface area (Å²) in [4.78, 5) is 25.3. The number of Topliss-reactive ketones (excluding diaryl/α,β-unsaturated/α-hetero) is 1. The summed E-state index contributed by atoms with van der Waals surface area (Å²) in [5.41, 5.74) is 2.61. The minimum atomic E-state index is -3.96. The Kier molecular flexibility index (Phi) is 10.3. The maximum Gasteiger partial charge on any atom is 0.246 e. The Bertz CT molecular complexity index is 1580. The number of nitrogens with zero attached hydrogens (tertiary/aromatic N) is 1. The van der Waals surface area contributed by atoms with Crippen molar-refractivity contribution in [1.82, 2.24) is 9.62 Å². The summed E-state index contributed by atoms with van der Waals surface area (Å²) in [5.74, 6) is -0.571. The van der Waals surface area contributed by atoms with Gasteiger partial charge in [0.15, 0.2) is 5.78 Å². The third-order valence-corrected chi connectivity index (χ3v) is 9.84. The highest BCUT2D eigenvalue weighted by Gasteiger charge is 2.48. The molecule has 0 aromatic heterocycles. The Labute approximate surface area is 259 Å². The van der Waals surface area contributed by atoms with Gasteiger partial charge in [0, 0.05) is 11.1 Å². The Hall–Kier alpha value is -3.30. The molecule has 7 nitrogen and oxygen atoms in total. The lowest BCUT2D eigenvalue weighted by molar-refractivity contribution is -0.129.